The molecule has 5 aromatic rings. The molecule has 30 heavy (non-hydrogen) atoms. The van der Waals surface area contributed by atoms with Gasteiger partial charge in [0.15, 0.2) is 0 Å². The van der Waals surface area contributed by atoms with Crippen molar-refractivity contribution in [3.05, 3.63) is 78.8 Å². The Morgan fingerprint density at radius 3 is 2.83 bits per heavy atom. The van der Waals surface area contributed by atoms with E-state index in [-0.39, 0.29) is 0 Å². The first-order chi connectivity index (χ1) is 14.7. The van der Waals surface area contributed by atoms with Crippen molar-refractivity contribution >= 4 is 33.6 Å². The smallest absolute Gasteiger partial charge is 0.150 e. The van der Waals surface area contributed by atoms with Crippen LogP contribution in [0.3, 0.4) is 0 Å². The van der Waals surface area contributed by atoms with Gasteiger partial charge in [-0.2, -0.15) is 0 Å². The molecular formula is C23H20N6O. The fraction of sp³-hybridized carbons (Fsp3) is 0.0870. The van der Waals surface area contributed by atoms with Crippen LogP contribution in [0.15, 0.2) is 73.2 Å². The molecule has 0 spiro atoms. The molecule has 0 saturated carbocycles. The van der Waals surface area contributed by atoms with E-state index < -0.39 is 0 Å². The number of nitrogens with zero attached hydrogens (tertiary/aromatic N) is 4. The van der Waals surface area contributed by atoms with E-state index in [0.717, 1.165) is 44.8 Å². The Labute approximate surface area is 173 Å². The van der Waals surface area contributed by atoms with Crippen LogP contribution in [0, 0.1) is 0 Å². The Balaban J connectivity index is 1.40. The number of rotatable bonds is 5. The van der Waals surface area contributed by atoms with Gasteiger partial charge in [0, 0.05) is 30.4 Å². The predicted molar refractivity (Wildman–Crippen MR) is 119 cm³/mol. The number of aromatic nitrogens is 4. The third-order valence-electron chi connectivity index (χ3n) is 5.03. The molecule has 5 rings (SSSR count). The van der Waals surface area contributed by atoms with Crippen molar-refractivity contribution in [3.8, 4) is 11.4 Å². The third-order valence-corrected chi connectivity index (χ3v) is 5.03. The Hall–Kier alpha value is -4.13. The van der Waals surface area contributed by atoms with Crippen LogP contribution in [0.1, 0.15) is 5.56 Å². The number of hydrogen-bond acceptors (Lipinski definition) is 6. The van der Waals surface area contributed by atoms with E-state index in [2.05, 4.69) is 26.3 Å². The van der Waals surface area contributed by atoms with Crippen LogP contribution in [0.25, 0.3) is 27.6 Å². The number of benzene rings is 2. The van der Waals surface area contributed by atoms with Crippen molar-refractivity contribution in [1.82, 2.24) is 19.5 Å². The average Bonchev–Trinajstić information content (AvgIpc) is 3.23. The number of nitrogens with one attached hydrogen (secondary N) is 1. The van der Waals surface area contributed by atoms with Crippen molar-refractivity contribution in [2.45, 2.75) is 6.61 Å². The van der Waals surface area contributed by atoms with Crippen LogP contribution >= 0.6 is 0 Å². The van der Waals surface area contributed by atoms with Gasteiger partial charge in [0.05, 0.1) is 10.9 Å². The highest BCUT2D eigenvalue weighted by Crippen LogP contribution is 2.24. The molecule has 0 saturated heterocycles. The molecule has 3 N–H and O–H groups in total. The quantitative estimate of drug-likeness (QED) is 0.463. The Morgan fingerprint density at radius 1 is 1.03 bits per heavy atom. The molecule has 7 heteroatoms. The van der Waals surface area contributed by atoms with E-state index in [0.29, 0.717) is 12.4 Å². The molecule has 3 heterocycles. The second-order valence-corrected chi connectivity index (χ2v) is 6.94. The summed E-state index contributed by atoms with van der Waals surface area (Å²) in [6, 6.07) is 20.0. The van der Waals surface area contributed by atoms with Gasteiger partial charge in [-0.25, -0.2) is 15.0 Å². The van der Waals surface area contributed by atoms with Gasteiger partial charge >= 0.3 is 0 Å². The zero-order valence-electron chi connectivity index (χ0n) is 16.4. The summed E-state index contributed by atoms with van der Waals surface area (Å²) in [7, 11) is 1.86. The van der Waals surface area contributed by atoms with Gasteiger partial charge in [-0.1, -0.05) is 12.1 Å². The van der Waals surface area contributed by atoms with Crippen molar-refractivity contribution in [1.29, 1.82) is 0 Å². The number of nitrogens with two attached hydrogens (primary N) is 1. The van der Waals surface area contributed by atoms with Gasteiger partial charge in [0.1, 0.15) is 36.0 Å². The zero-order valence-corrected chi connectivity index (χ0v) is 16.4. The molecule has 2 aromatic carbocycles. The summed E-state index contributed by atoms with van der Waals surface area (Å²) in [5.74, 6) is 2.08. The lowest BCUT2D eigenvalue weighted by Gasteiger charge is -2.10. The van der Waals surface area contributed by atoms with Crippen LogP contribution in [0.4, 0.5) is 11.6 Å². The van der Waals surface area contributed by atoms with Gasteiger partial charge in [-0.15, -0.1) is 0 Å². The number of fused-ring (bicyclic) bond motifs is 2. The first-order valence-corrected chi connectivity index (χ1v) is 9.59. The number of pyridine rings is 1. The van der Waals surface area contributed by atoms with Gasteiger partial charge in [0.2, 0.25) is 0 Å². The minimum Gasteiger partial charge on any atom is -0.489 e. The summed E-state index contributed by atoms with van der Waals surface area (Å²) in [4.78, 5) is 13.0. The summed E-state index contributed by atoms with van der Waals surface area (Å²) >= 11 is 0. The topological polar surface area (TPSA) is 90.9 Å². The van der Waals surface area contributed by atoms with Gasteiger partial charge in [0.25, 0.3) is 0 Å². The van der Waals surface area contributed by atoms with Crippen LogP contribution in [-0.4, -0.2) is 26.6 Å². The molecule has 0 unspecified atom stereocenters. The number of nitrogen functional groups attached to an aromatic ring is 1. The van der Waals surface area contributed by atoms with E-state index in [1.54, 1.807) is 0 Å². The maximum atomic E-state index is 6.04. The molecule has 0 aliphatic heterocycles. The Morgan fingerprint density at radius 2 is 1.93 bits per heavy atom. The fourth-order valence-corrected chi connectivity index (χ4v) is 3.47. The molecule has 148 valence electrons. The summed E-state index contributed by atoms with van der Waals surface area (Å²) in [5, 5.41) is 4.97. The summed E-state index contributed by atoms with van der Waals surface area (Å²) in [6.45, 7) is 0.446. The lowest BCUT2D eigenvalue weighted by molar-refractivity contribution is 0.306. The molecule has 0 amide bonds. The van der Waals surface area contributed by atoms with Gasteiger partial charge in [-0.3, -0.25) is 0 Å². The minimum absolute atomic E-state index is 0.446. The summed E-state index contributed by atoms with van der Waals surface area (Å²) in [5.41, 5.74) is 9.66. The van der Waals surface area contributed by atoms with Crippen molar-refractivity contribution < 1.29 is 4.74 Å². The first kappa shape index (κ1) is 17.9. The van der Waals surface area contributed by atoms with E-state index in [4.69, 9.17) is 10.5 Å². The molecule has 0 fully saturated rings. The van der Waals surface area contributed by atoms with E-state index >= 15 is 0 Å². The molecule has 0 atom stereocenters. The molecule has 7 nitrogen and oxygen atoms in total. The maximum Gasteiger partial charge on any atom is 0.150 e. The molecule has 0 aliphatic carbocycles. The molecule has 0 radical (unpaired) electrons. The molecule has 3 aromatic heterocycles. The van der Waals surface area contributed by atoms with Crippen LogP contribution in [-0.2, 0) is 6.61 Å². The molecule has 0 bridgehead atoms. The van der Waals surface area contributed by atoms with E-state index in [1.807, 2.05) is 72.4 Å². The fourth-order valence-electron chi connectivity index (χ4n) is 3.47. The molecular weight excluding hydrogens is 376 g/mol. The third kappa shape index (κ3) is 3.26. The Kier molecular flexibility index (Phi) is 4.40. The highest BCUT2D eigenvalue weighted by molar-refractivity contribution is 5.87. The van der Waals surface area contributed by atoms with E-state index in [1.165, 1.54) is 6.33 Å². The normalized spacial score (nSPS) is 11.1. The second kappa shape index (κ2) is 7.36. The number of hydrogen-bond donors (Lipinski definition) is 2. The highest BCUT2D eigenvalue weighted by Gasteiger charge is 2.08. The summed E-state index contributed by atoms with van der Waals surface area (Å²) < 4.78 is 8.03. The lowest BCUT2D eigenvalue weighted by Crippen LogP contribution is -2.00. The van der Waals surface area contributed by atoms with Gasteiger partial charge in [-0.05, 0) is 48.0 Å². The van der Waals surface area contributed by atoms with Crippen molar-refractivity contribution in [2.24, 2.45) is 0 Å². The number of ether oxygens (including phenoxy) is 1. The monoisotopic (exact) mass is 396 g/mol. The van der Waals surface area contributed by atoms with Crippen molar-refractivity contribution in [3.63, 3.8) is 0 Å². The summed E-state index contributed by atoms with van der Waals surface area (Å²) in [6.07, 6.45) is 3.43. The average molecular weight is 396 g/mol. The van der Waals surface area contributed by atoms with Crippen LogP contribution in [0.2, 0.25) is 0 Å². The zero-order chi connectivity index (χ0) is 20.5. The van der Waals surface area contributed by atoms with Gasteiger partial charge < -0.3 is 20.4 Å². The maximum absolute atomic E-state index is 6.04. The molecule has 0 aliphatic rings. The highest BCUT2D eigenvalue weighted by atomic mass is 16.5. The van der Waals surface area contributed by atoms with Crippen molar-refractivity contribution in [2.75, 3.05) is 18.1 Å². The minimum atomic E-state index is 0.446. The second-order valence-electron chi connectivity index (χ2n) is 6.94. The van der Waals surface area contributed by atoms with Crippen LogP contribution in [0.5, 0.6) is 5.75 Å². The van der Waals surface area contributed by atoms with E-state index in [9.17, 15) is 0 Å². The first-order valence-electron chi connectivity index (χ1n) is 9.59. The SMILES string of the molecule is CNc1ccc2ccc(OCc3cccc(-n4ccc5c(N)ncnc54)c3)cc2n1. The lowest BCUT2D eigenvalue weighted by atomic mass is 10.2. The standard InChI is InChI=1S/C23H20N6O/c1-25-21-8-6-16-5-7-18(12-20(16)28-21)30-13-15-3-2-4-17(11-15)29-10-9-19-22(24)26-14-27-23(19)29/h2-12,14H,13H2,1H3,(H,25,28)(H2,24,26,27). The largest absolute Gasteiger partial charge is 0.489 e. The number of anilines is 2. The Bertz CT molecular complexity index is 1360. The van der Waals surface area contributed by atoms with Crippen LogP contribution < -0.4 is 15.8 Å². The predicted octanol–water partition coefficient (Wildman–Crippen LogP) is 4.17.